The minimum Gasteiger partial charge on any atom is -0.491 e. The Morgan fingerprint density at radius 2 is 1.62 bits per heavy atom. The number of hydrogen-bond donors (Lipinski definition) is 0. The van der Waals surface area contributed by atoms with Gasteiger partial charge in [-0.2, -0.15) is 0 Å². The molecule has 1 rings (SSSR count). The number of benzene rings is 1. The highest BCUT2D eigenvalue weighted by atomic mass is 19.1. The van der Waals surface area contributed by atoms with Gasteiger partial charge in [-0.1, -0.05) is 31.4 Å². The highest BCUT2D eigenvalue weighted by Gasteiger charge is 2.00. The number of alkyl halides is 1. The van der Waals surface area contributed by atoms with Crippen LogP contribution in [0.2, 0.25) is 0 Å². The van der Waals surface area contributed by atoms with Gasteiger partial charge in [0.25, 0.3) is 0 Å². The number of halogens is 2. The van der Waals surface area contributed by atoms with E-state index in [1.54, 1.807) is 18.2 Å². The molecule has 0 aliphatic heterocycles. The fourth-order valence-corrected chi connectivity index (χ4v) is 1.47. The molecule has 0 atom stereocenters. The predicted molar refractivity (Wildman–Crippen MR) is 61.0 cm³/mol. The standard InChI is InChI=1S/C13H18F2O/c14-10-6-2-1-3-7-11-16-13-9-5-4-8-12(13)15/h4-5,8-9H,1-3,6-7,10-11H2. The van der Waals surface area contributed by atoms with E-state index in [4.69, 9.17) is 4.74 Å². The monoisotopic (exact) mass is 228 g/mol. The van der Waals surface area contributed by atoms with Gasteiger partial charge in [-0.25, -0.2) is 4.39 Å². The molecule has 0 bridgehead atoms. The van der Waals surface area contributed by atoms with E-state index in [9.17, 15) is 8.78 Å². The van der Waals surface area contributed by atoms with Gasteiger partial charge in [0.2, 0.25) is 0 Å². The molecule has 0 aliphatic carbocycles. The molecule has 1 aromatic rings. The summed E-state index contributed by atoms with van der Waals surface area (Å²) in [6.45, 7) is 0.294. The molecule has 3 heteroatoms. The number of ether oxygens (including phenoxy) is 1. The lowest BCUT2D eigenvalue weighted by Crippen LogP contribution is -1.99. The topological polar surface area (TPSA) is 9.23 Å². The molecule has 90 valence electrons. The molecule has 0 amide bonds. The third-order valence-corrected chi connectivity index (χ3v) is 2.37. The Hall–Kier alpha value is -1.12. The van der Waals surface area contributed by atoms with E-state index in [0.717, 1.165) is 25.7 Å². The van der Waals surface area contributed by atoms with Crippen LogP contribution in [0.25, 0.3) is 0 Å². The Bertz CT molecular complexity index is 289. The van der Waals surface area contributed by atoms with E-state index in [-0.39, 0.29) is 12.5 Å². The van der Waals surface area contributed by atoms with Crippen molar-refractivity contribution in [3.63, 3.8) is 0 Å². The predicted octanol–water partition coefficient (Wildman–Crippen LogP) is 4.12. The lowest BCUT2D eigenvalue weighted by atomic mass is 10.2. The highest BCUT2D eigenvalue weighted by molar-refractivity contribution is 5.23. The number of unbranched alkanes of at least 4 members (excludes halogenated alkanes) is 4. The quantitative estimate of drug-likeness (QED) is 0.608. The second-order valence-electron chi connectivity index (χ2n) is 3.74. The molecule has 1 nitrogen and oxygen atoms in total. The minimum atomic E-state index is -0.320. The molecule has 0 aliphatic rings. The molecular formula is C13H18F2O. The molecule has 0 fully saturated rings. The van der Waals surface area contributed by atoms with Gasteiger partial charge in [0.1, 0.15) is 0 Å². The summed E-state index contributed by atoms with van der Waals surface area (Å²) in [5, 5.41) is 0. The maximum Gasteiger partial charge on any atom is 0.165 e. The number of hydrogen-bond acceptors (Lipinski definition) is 1. The van der Waals surface area contributed by atoms with Crippen molar-refractivity contribution >= 4 is 0 Å². The van der Waals surface area contributed by atoms with E-state index >= 15 is 0 Å². The first-order chi connectivity index (χ1) is 7.84. The van der Waals surface area contributed by atoms with Crippen LogP contribution in [-0.4, -0.2) is 13.3 Å². The SMILES string of the molecule is FCCCCCCCOc1ccccc1F. The molecule has 0 N–H and O–H groups in total. The third-order valence-electron chi connectivity index (χ3n) is 2.37. The van der Waals surface area contributed by atoms with Crippen molar-refractivity contribution < 1.29 is 13.5 Å². The molecule has 1 aromatic carbocycles. The van der Waals surface area contributed by atoms with Crippen LogP contribution in [0, 0.1) is 5.82 Å². The van der Waals surface area contributed by atoms with Crippen molar-refractivity contribution in [2.75, 3.05) is 13.3 Å². The van der Waals surface area contributed by atoms with Gasteiger partial charge in [0.15, 0.2) is 11.6 Å². The Labute approximate surface area is 95.4 Å². The average molecular weight is 228 g/mol. The first kappa shape index (κ1) is 12.9. The lowest BCUT2D eigenvalue weighted by molar-refractivity contribution is 0.289. The highest BCUT2D eigenvalue weighted by Crippen LogP contribution is 2.15. The van der Waals surface area contributed by atoms with Crippen molar-refractivity contribution in [1.82, 2.24) is 0 Å². The second kappa shape index (κ2) is 8.08. The Balaban J connectivity index is 2.05. The van der Waals surface area contributed by atoms with Crippen LogP contribution in [0.1, 0.15) is 32.1 Å². The van der Waals surface area contributed by atoms with Crippen molar-refractivity contribution in [3.8, 4) is 5.75 Å². The van der Waals surface area contributed by atoms with E-state index in [1.165, 1.54) is 6.07 Å². The van der Waals surface area contributed by atoms with Crippen LogP contribution >= 0.6 is 0 Å². The fourth-order valence-electron chi connectivity index (χ4n) is 1.47. The van der Waals surface area contributed by atoms with Crippen molar-refractivity contribution in [2.45, 2.75) is 32.1 Å². The summed E-state index contributed by atoms with van der Waals surface area (Å²) >= 11 is 0. The van der Waals surface area contributed by atoms with E-state index in [0.29, 0.717) is 18.8 Å². The van der Waals surface area contributed by atoms with Gasteiger partial charge in [-0.3, -0.25) is 4.39 Å². The summed E-state index contributed by atoms with van der Waals surface area (Å²) < 4.78 is 30.2. The third kappa shape index (κ3) is 5.10. The maximum atomic E-state index is 13.1. The molecule has 0 saturated carbocycles. The van der Waals surface area contributed by atoms with Crippen molar-refractivity contribution in [2.24, 2.45) is 0 Å². The summed E-state index contributed by atoms with van der Waals surface area (Å²) in [6.07, 6.45) is 4.49. The molecule has 16 heavy (non-hydrogen) atoms. The molecule has 0 radical (unpaired) electrons. The fraction of sp³-hybridized carbons (Fsp3) is 0.538. The summed E-state index contributed by atoms with van der Waals surface area (Å²) in [4.78, 5) is 0. The Morgan fingerprint density at radius 3 is 2.38 bits per heavy atom. The Kier molecular flexibility index (Phi) is 6.54. The van der Waals surface area contributed by atoms with Crippen LogP contribution in [0.15, 0.2) is 24.3 Å². The largest absolute Gasteiger partial charge is 0.491 e. The molecule has 0 unspecified atom stereocenters. The average Bonchev–Trinajstić information content (AvgIpc) is 2.30. The summed E-state index contributed by atoms with van der Waals surface area (Å²) in [5.41, 5.74) is 0. The minimum absolute atomic E-state index is 0.230. The zero-order chi connectivity index (χ0) is 11.6. The number of rotatable bonds is 8. The summed E-state index contributed by atoms with van der Waals surface area (Å²) in [6, 6.07) is 6.40. The zero-order valence-electron chi connectivity index (χ0n) is 9.42. The zero-order valence-corrected chi connectivity index (χ0v) is 9.42. The van der Waals surface area contributed by atoms with Crippen LogP contribution in [0.4, 0.5) is 8.78 Å². The van der Waals surface area contributed by atoms with Gasteiger partial charge in [0, 0.05) is 0 Å². The van der Waals surface area contributed by atoms with E-state index < -0.39 is 0 Å². The summed E-state index contributed by atoms with van der Waals surface area (Å²) in [7, 11) is 0. The van der Waals surface area contributed by atoms with Gasteiger partial charge in [-0.15, -0.1) is 0 Å². The van der Waals surface area contributed by atoms with Crippen LogP contribution in [0.5, 0.6) is 5.75 Å². The maximum absolute atomic E-state index is 13.1. The summed E-state index contributed by atoms with van der Waals surface area (Å²) in [5.74, 6) is -0.00816. The normalized spacial score (nSPS) is 10.4. The smallest absolute Gasteiger partial charge is 0.165 e. The first-order valence-electron chi connectivity index (χ1n) is 5.78. The van der Waals surface area contributed by atoms with E-state index in [2.05, 4.69) is 0 Å². The number of para-hydroxylation sites is 1. The van der Waals surface area contributed by atoms with Crippen molar-refractivity contribution in [1.29, 1.82) is 0 Å². The van der Waals surface area contributed by atoms with Gasteiger partial charge < -0.3 is 4.74 Å². The van der Waals surface area contributed by atoms with Crippen LogP contribution in [0.3, 0.4) is 0 Å². The molecule has 0 aromatic heterocycles. The first-order valence-corrected chi connectivity index (χ1v) is 5.78. The molecule has 0 heterocycles. The van der Waals surface area contributed by atoms with E-state index in [1.807, 2.05) is 0 Å². The van der Waals surface area contributed by atoms with Gasteiger partial charge in [-0.05, 0) is 25.0 Å². The molecule has 0 saturated heterocycles. The molecule has 0 spiro atoms. The van der Waals surface area contributed by atoms with Gasteiger partial charge in [0.05, 0.1) is 13.3 Å². The molecular weight excluding hydrogens is 210 g/mol. The lowest BCUT2D eigenvalue weighted by Gasteiger charge is -2.06. The van der Waals surface area contributed by atoms with Crippen LogP contribution < -0.4 is 4.74 Å². The Morgan fingerprint density at radius 1 is 0.938 bits per heavy atom. The van der Waals surface area contributed by atoms with Crippen LogP contribution in [-0.2, 0) is 0 Å². The van der Waals surface area contributed by atoms with Gasteiger partial charge >= 0.3 is 0 Å². The second-order valence-corrected chi connectivity index (χ2v) is 3.74. The van der Waals surface area contributed by atoms with Crippen molar-refractivity contribution in [3.05, 3.63) is 30.1 Å².